The SMILES string of the molecule is CCS(=O)(=O)c1ccc(C(C(=O)Nc2nc3cc(OC)c(OC)cc3s2)C2CCCC2)cc1. The molecule has 7 nitrogen and oxygen atoms in total. The molecule has 1 aromatic heterocycles. The number of nitrogens with one attached hydrogen (secondary N) is 1. The molecule has 1 aliphatic carbocycles. The molecule has 1 fully saturated rings. The van der Waals surface area contributed by atoms with Gasteiger partial charge in [0.05, 0.1) is 41.0 Å². The third-order valence-corrected chi connectivity index (χ3v) is 8.94. The van der Waals surface area contributed by atoms with Crippen LogP contribution in [-0.2, 0) is 14.6 Å². The van der Waals surface area contributed by atoms with Crippen LogP contribution in [-0.4, -0.2) is 39.3 Å². The predicted molar refractivity (Wildman–Crippen MR) is 130 cm³/mol. The van der Waals surface area contributed by atoms with E-state index >= 15 is 0 Å². The fourth-order valence-corrected chi connectivity index (χ4v) is 6.23. The molecule has 1 unspecified atom stereocenters. The van der Waals surface area contributed by atoms with Gasteiger partial charge in [-0.2, -0.15) is 0 Å². The summed E-state index contributed by atoms with van der Waals surface area (Å²) in [5.74, 6) is 0.976. The Kier molecular flexibility index (Phi) is 6.90. The molecule has 0 radical (unpaired) electrons. The van der Waals surface area contributed by atoms with Gasteiger partial charge in [0.1, 0.15) is 0 Å². The van der Waals surface area contributed by atoms with Crippen molar-refractivity contribution in [2.75, 3.05) is 25.3 Å². The van der Waals surface area contributed by atoms with E-state index in [2.05, 4.69) is 10.3 Å². The summed E-state index contributed by atoms with van der Waals surface area (Å²) in [6.07, 6.45) is 4.14. The number of rotatable bonds is 8. The highest BCUT2D eigenvalue weighted by Gasteiger charge is 2.33. The number of benzene rings is 2. The van der Waals surface area contributed by atoms with Crippen molar-refractivity contribution in [3.8, 4) is 11.5 Å². The number of hydrogen-bond donors (Lipinski definition) is 1. The number of nitrogens with zero attached hydrogens (tertiary/aromatic N) is 1. The summed E-state index contributed by atoms with van der Waals surface area (Å²) in [6.45, 7) is 1.63. The van der Waals surface area contributed by atoms with Crippen LogP contribution in [0.1, 0.15) is 44.1 Å². The van der Waals surface area contributed by atoms with E-state index in [0.717, 1.165) is 41.5 Å². The number of carbonyl (C=O) groups is 1. The summed E-state index contributed by atoms with van der Waals surface area (Å²) in [5.41, 5.74) is 1.55. The zero-order valence-electron chi connectivity index (χ0n) is 19.0. The smallest absolute Gasteiger partial charge is 0.233 e. The van der Waals surface area contributed by atoms with Gasteiger partial charge in [-0.05, 0) is 36.5 Å². The highest BCUT2D eigenvalue weighted by molar-refractivity contribution is 7.91. The van der Waals surface area contributed by atoms with Gasteiger partial charge in [0.2, 0.25) is 5.91 Å². The average Bonchev–Trinajstić information content (AvgIpc) is 3.48. The van der Waals surface area contributed by atoms with Crippen molar-refractivity contribution in [2.24, 2.45) is 5.92 Å². The van der Waals surface area contributed by atoms with Crippen LogP contribution in [0, 0.1) is 5.92 Å². The minimum Gasteiger partial charge on any atom is -0.493 e. The van der Waals surface area contributed by atoms with Gasteiger partial charge in [0, 0.05) is 12.1 Å². The van der Waals surface area contributed by atoms with Gasteiger partial charge >= 0.3 is 0 Å². The van der Waals surface area contributed by atoms with Crippen LogP contribution in [0.4, 0.5) is 5.13 Å². The standard InChI is InChI=1S/C24H28N2O5S2/c1-4-33(28,29)17-11-9-16(10-12-17)22(15-7-5-6-8-15)23(27)26-24-25-18-13-19(30-2)20(31-3)14-21(18)32-24/h9-15,22H,4-8H2,1-3H3,(H,25,26,27). The first-order chi connectivity index (χ1) is 15.9. The second kappa shape index (κ2) is 9.69. The molecule has 0 saturated heterocycles. The van der Waals surface area contributed by atoms with E-state index in [1.165, 1.54) is 11.3 Å². The van der Waals surface area contributed by atoms with Crippen LogP contribution in [0.2, 0.25) is 0 Å². The largest absolute Gasteiger partial charge is 0.493 e. The molecule has 0 spiro atoms. The average molecular weight is 489 g/mol. The summed E-state index contributed by atoms with van der Waals surface area (Å²) in [6, 6.07) is 10.4. The van der Waals surface area contributed by atoms with Crippen LogP contribution in [0.15, 0.2) is 41.3 Å². The maximum atomic E-state index is 13.4. The number of sulfone groups is 1. The third-order valence-electron chi connectivity index (χ3n) is 6.26. The molecule has 1 N–H and O–H groups in total. The van der Waals surface area contributed by atoms with Crippen LogP contribution in [0.25, 0.3) is 10.2 Å². The number of amides is 1. The molecule has 0 aliphatic heterocycles. The van der Waals surface area contributed by atoms with Gasteiger partial charge in [-0.25, -0.2) is 13.4 Å². The van der Waals surface area contributed by atoms with Crippen LogP contribution < -0.4 is 14.8 Å². The quantitative estimate of drug-likeness (QED) is 0.478. The van der Waals surface area contributed by atoms with Crippen molar-refractivity contribution >= 4 is 42.4 Å². The number of ether oxygens (including phenoxy) is 2. The maximum absolute atomic E-state index is 13.4. The fraction of sp³-hybridized carbons (Fsp3) is 0.417. The van der Waals surface area contributed by atoms with E-state index in [9.17, 15) is 13.2 Å². The fourth-order valence-electron chi connectivity index (χ4n) is 4.47. The second-order valence-corrected chi connectivity index (χ2v) is 11.5. The predicted octanol–water partition coefficient (Wildman–Crippen LogP) is 5.02. The second-order valence-electron chi connectivity index (χ2n) is 8.18. The van der Waals surface area contributed by atoms with E-state index in [-0.39, 0.29) is 28.4 Å². The lowest BCUT2D eigenvalue weighted by molar-refractivity contribution is -0.118. The normalized spacial score (nSPS) is 15.5. The van der Waals surface area contributed by atoms with Gasteiger partial charge < -0.3 is 14.8 Å². The molecule has 3 aromatic rings. The van der Waals surface area contributed by atoms with Gasteiger partial charge in [0.25, 0.3) is 0 Å². The van der Waals surface area contributed by atoms with Crippen molar-refractivity contribution in [2.45, 2.75) is 43.4 Å². The summed E-state index contributed by atoms with van der Waals surface area (Å²) in [4.78, 5) is 18.3. The monoisotopic (exact) mass is 488 g/mol. The number of hydrogen-bond acceptors (Lipinski definition) is 7. The lowest BCUT2D eigenvalue weighted by atomic mass is 9.84. The first-order valence-corrected chi connectivity index (χ1v) is 13.5. The van der Waals surface area contributed by atoms with Crippen LogP contribution >= 0.6 is 11.3 Å². The molecular formula is C24H28N2O5S2. The molecule has 0 bridgehead atoms. The molecule has 1 amide bonds. The first-order valence-electron chi connectivity index (χ1n) is 11.0. The number of thiazole rings is 1. The highest BCUT2D eigenvalue weighted by atomic mass is 32.2. The summed E-state index contributed by atoms with van der Waals surface area (Å²) in [7, 11) is -0.133. The van der Waals surface area contributed by atoms with Crippen LogP contribution in [0.5, 0.6) is 11.5 Å². The Bertz CT molecular complexity index is 1200. The molecule has 33 heavy (non-hydrogen) atoms. The van der Waals surface area contributed by atoms with Crippen molar-refractivity contribution in [1.82, 2.24) is 4.98 Å². The number of fused-ring (bicyclic) bond motifs is 1. The van der Waals surface area contributed by atoms with E-state index in [0.29, 0.717) is 16.6 Å². The van der Waals surface area contributed by atoms with E-state index in [1.807, 2.05) is 6.07 Å². The van der Waals surface area contributed by atoms with Gasteiger partial charge in [0.15, 0.2) is 26.5 Å². The minimum absolute atomic E-state index is 0.0477. The van der Waals surface area contributed by atoms with E-state index in [4.69, 9.17) is 9.47 Å². The highest BCUT2D eigenvalue weighted by Crippen LogP contribution is 2.40. The van der Waals surface area contributed by atoms with Gasteiger partial charge in [-0.1, -0.05) is 43.2 Å². The first kappa shape index (κ1) is 23.5. The number of carbonyl (C=O) groups excluding carboxylic acids is 1. The zero-order chi connectivity index (χ0) is 23.6. The van der Waals surface area contributed by atoms with Gasteiger partial charge in [-0.15, -0.1) is 0 Å². The molecule has 1 heterocycles. The minimum atomic E-state index is -3.28. The molecule has 1 aliphatic rings. The van der Waals surface area contributed by atoms with Gasteiger partial charge in [-0.3, -0.25) is 4.79 Å². The number of aromatic nitrogens is 1. The van der Waals surface area contributed by atoms with Crippen molar-refractivity contribution in [1.29, 1.82) is 0 Å². The maximum Gasteiger partial charge on any atom is 0.233 e. The zero-order valence-corrected chi connectivity index (χ0v) is 20.6. The summed E-state index contributed by atoms with van der Waals surface area (Å²) in [5, 5.41) is 3.52. The van der Waals surface area contributed by atoms with Crippen LogP contribution in [0.3, 0.4) is 0 Å². The summed E-state index contributed by atoms with van der Waals surface area (Å²) >= 11 is 1.38. The Labute approximate surface area is 198 Å². The molecule has 9 heteroatoms. The number of methoxy groups -OCH3 is 2. The Morgan fingerprint density at radius 2 is 1.76 bits per heavy atom. The Morgan fingerprint density at radius 3 is 2.36 bits per heavy atom. The Morgan fingerprint density at radius 1 is 1.12 bits per heavy atom. The molecule has 1 atom stereocenters. The van der Waals surface area contributed by atoms with Crippen molar-refractivity contribution < 1.29 is 22.7 Å². The van der Waals surface area contributed by atoms with E-state index in [1.54, 1.807) is 51.5 Å². The third kappa shape index (κ3) is 4.84. The molecule has 2 aromatic carbocycles. The molecular weight excluding hydrogens is 460 g/mol. The van der Waals surface area contributed by atoms with E-state index < -0.39 is 9.84 Å². The molecule has 176 valence electrons. The Hall–Kier alpha value is -2.65. The van der Waals surface area contributed by atoms with Crippen molar-refractivity contribution in [3.63, 3.8) is 0 Å². The lowest BCUT2D eigenvalue weighted by Gasteiger charge is -2.23. The molecule has 4 rings (SSSR count). The number of anilines is 1. The summed E-state index contributed by atoms with van der Waals surface area (Å²) < 4.78 is 36.0. The topological polar surface area (TPSA) is 94.6 Å². The lowest BCUT2D eigenvalue weighted by Crippen LogP contribution is -2.26. The Balaban J connectivity index is 1.62. The molecule has 1 saturated carbocycles. The van der Waals surface area contributed by atoms with Crippen molar-refractivity contribution in [3.05, 3.63) is 42.0 Å².